The van der Waals surface area contributed by atoms with Crippen LogP contribution in [0.5, 0.6) is 0 Å². The topological polar surface area (TPSA) is 75.3 Å². The van der Waals surface area contributed by atoms with Gasteiger partial charge in [0.2, 0.25) is 5.91 Å². The van der Waals surface area contributed by atoms with E-state index in [1.807, 2.05) is 26.8 Å². The molecule has 2 N–H and O–H groups in total. The molecule has 0 saturated carbocycles. The van der Waals surface area contributed by atoms with Crippen molar-refractivity contribution in [1.82, 2.24) is 0 Å². The minimum atomic E-state index is -3.73. The van der Waals surface area contributed by atoms with E-state index in [9.17, 15) is 13.2 Å². The van der Waals surface area contributed by atoms with Crippen LogP contribution in [0.25, 0.3) is 0 Å². The summed E-state index contributed by atoms with van der Waals surface area (Å²) in [5.74, 6) is 0.458. The molecule has 5 nitrogen and oxygen atoms in total. The normalized spacial score (nSPS) is 17.4. The highest BCUT2D eigenvalue weighted by atomic mass is 32.2. The van der Waals surface area contributed by atoms with E-state index in [-0.39, 0.29) is 16.7 Å². The van der Waals surface area contributed by atoms with E-state index < -0.39 is 10.0 Å². The Hall–Kier alpha value is -1.99. The van der Waals surface area contributed by atoms with Crippen LogP contribution >= 0.6 is 11.8 Å². The number of hydrogen-bond donors (Lipinski definition) is 2. The summed E-state index contributed by atoms with van der Waals surface area (Å²) in [6.45, 7) is 5.69. The predicted molar refractivity (Wildman–Crippen MR) is 102 cm³/mol. The van der Waals surface area contributed by atoms with Crippen molar-refractivity contribution in [3.63, 3.8) is 0 Å². The zero-order valence-electron chi connectivity index (χ0n) is 14.3. The maximum absolute atomic E-state index is 12.7. The van der Waals surface area contributed by atoms with Crippen molar-refractivity contribution < 1.29 is 13.2 Å². The fourth-order valence-electron chi connectivity index (χ4n) is 2.69. The van der Waals surface area contributed by atoms with Gasteiger partial charge >= 0.3 is 0 Å². The third-order valence-corrected chi connectivity index (χ3v) is 6.64. The minimum absolute atomic E-state index is 0.0944. The molecule has 0 bridgehead atoms. The molecule has 1 aliphatic heterocycles. The van der Waals surface area contributed by atoms with Crippen molar-refractivity contribution in [2.75, 3.05) is 15.8 Å². The number of rotatable bonds is 3. The number of benzene rings is 2. The maximum atomic E-state index is 12.7. The van der Waals surface area contributed by atoms with Crippen molar-refractivity contribution in [3.05, 3.63) is 47.5 Å². The average molecular weight is 377 g/mol. The summed E-state index contributed by atoms with van der Waals surface area (Å²) < 4.78 is 28.0. The Morgan fingerprint density at radius 3 is 2.48 bits per heavy atom. The lowest BCUT2D eigenvalue weighted by Gasteiger charge is -2.12. The highest BCUT2D eigenvalue weighted by Crippen LogP contribution is 2.34. The fourth-order valence-corrected chi connectivity index (χ4v) is 4.77. The van der Waals surface area contributed by atoms with Crippen LogP contribution in [-0.4, -0.2) is 20.1 Å². The molecule has 25 heavy (non-hydrogen) atoms. The maximum Gasteiger partial charge on any atom is 0.261 e. The second kappa shape index (κ2) is 6.72. The SMILES string of the molecule is Cc1cc(C)cc(NS(=O)(=O)c2ccc3c(c2)NC(=O)[C@@H](C)CS3)c1. The molecule has 2 aromatic rings. The van der Waals surface area contributed by atoms with E-state index in [1.54, 1.807) is 36.0 Å². The number of sulfonamides is 1. The third kappa shape index (κ3) is 3.99. The van der Waals surface area contributed by atoms with Gasteiger partial charge < -0.3 is 5.32 Å². The monoisotopic (exact) mass is 376 g/mol. The Bertz CT molecular complexity index is 919. The number of amides is 1. The summed E-state index contributed by atoms with van der Waals surface area (Å²) >= 11 is 1.55. The highest BCUT2D eigenvalue weighted by molar-refractivity contribution is 7.99. The van der Waals surface area contributed by atoms with Crippen LogP contribution in [0.15, 0.2) is 46.2 Å². The van der Waals surface area contributed by atoms with Gasteiger partial charge in [-0.05, 0) is 55.3 Å². The van der Waals surface area contributed by atoms with Crippen LogP contribution in [-0.2, 0) is 14.8 Å². The van der Waals surface area contributed by atoms with Crippen molar-refractivity contribution in [3.8, 4) is 0 Å². The van der Waals surface area contributed by atoms with Gasteiger partial charge in [0.1, 0.15) is 0 Å². The second-order valence-corrected chi connectivity index (χ2v) is 9.09. The quantitative estimate of drug-likeness (QED) is 0.855. The number of nitrogens with one attached hydrogen (secondary N) is 2. The van der Waals surface area contributed by atoms with Gasteiger partial charge in [-0.25, -0.2) is 8.42 Å². The zero-order valence-corrected chi connectivity index (χ0v) is 15.9. The second-order valence-electron chi connectivity index (χ2n) is 6.34. The molecule has 3 rings (SSSR count). The van der Waals surface area contributed by atoms with E-state index in [0.29, 0.717) is 17.1 Å². The zero-order chi connectivity index (χ0) is 18.2. The van der Waals surface area contributed by atoms with Crippen molar-refractivity contribution >= 4 is 39.1 Å². The number of anilines is 2. The average Bonchev–Trinajstić information content (AvgIpc) is 2.64. The van der Waals surface area contributed by atoms with Crippen LogP contribution in [0.3, 0.4) is 0 Å². The first-order valence-corrected chi connectivity index (χ1v) is 10.4. The van der Waals surface area contributed by atoms with E-state index in [2.05, 4.69) is 10.0 Å². The molecule has 0 spiro atoms. The van der Waals surface area contributed by atoms with Gasteiger partial charge in [-0.1, -0.05) is 13.0 Å². The molecule has 7 heteroatoms. The standard InChI is InChI=1S/C18H20N2O3S2/c1-11-6-12(2)8-14(7-11)20-25(22,23)15-4-5-17-16(9-15)19-18(21)13(3)10-24-17/h4-9,13,20H,10H2,1-3H3,(H,19,21)/t13-/m0/s1. The Balaban J connectivity index is 1.93. The van der Waals surface area contributed by atoms with E-state index in [1.165, 1.54) is 6.07 Å². The largest absolute Gasteiger partial charge is 0.325 e. The lowest BCUT2D eigenvalue weighted by Crippen LogP contribution is -2.20. The molecule has 0 unspecified atom stereocenters. The van der Waals surface area contributed by atoms with Gasteiger partial charge in [-0.3, -0.25) is 9.52 Å². The first kappa shape index (κ1) is 17.8. The van der Waals surface area contributed by atoms with E-state index >= 15 is 0 Å². The van der Waals surface area contributed by atoms with Gasteiger partial charge in [-0.15, -0.1) is 11.8 Å². The Morgan fingerprint density at radius 2 is 1.80 bits per heavy atom. The number of carbonyl (C=O) groups is 1. The van der Waals surface area contributed by atoms with E-state index in [0.717, 1.165) is 16.0 Å². The number of hydrogen-bond acceptors (Lipinski definition) is 4. The van der Waals surface area contributed by atoms with Gasteiger partial charge in [0.25, 0.3) is 10.0 Å². The van der Waals surface area contributed by atoms with Crippen LogP contribution in [0, 0.1) is 19.8 Å². The molecule has 1 heterocycles. The van der Waals surface area contributed by atoms with Crippen molar-refractivity contribution in [2.24, 2.45) is 5.92 Å². The molecule has 2 aromatic carbocycles. The molecule has 0 saturated heterocycles. The van der Waals surface area contributed by atoms with E-state index in [4.69, 9.17) is 0 Å². The van der Waals surface area contributed by atoms with Crippen LogP contribution in [0.2, 0.25) is 0 Å². The summed E-state index contributed by atoms with van der Waals surface area (Å²) in [7, 11) is -3.73. The molecule has 1 amide bonds. The summed E-state index contributed by atoms with van der Waals surface area (Å²) in [6.07, 6.45) is 0. The summed E-state index contributed by atoms with van der Waals surface area (Å²) in [5, 5.41) is 2.81. The summed E-state index contributed by atoms with van der Waals surface area (Å²) in [6, 6.07) is 10.4. The first-order valence-electron chi connectivity index (χ1n) is 7.93. The third-order valence-electron chi connectivity index (χ3n) is 3.93. The summed E-state index contributed by atoms with van der Waals surface area (Å²) in [5.41, 5.74) is 3.04. The lowest BCUT2D eigenvalue weighted by atomic mass is 10.1. The number of aryl methyl sites for hydroxylation is 2. The van der Waals surface area contributed by atoms with Gasteiger partial charge in [0, 0.05) is 22.3 Å². The fraction of sp³-hybridized carbons (Fsp3) is 0.278. The Kier molecular flexibility index (Phi) is 4.79. The molecule has 0 aromatic heterocycles. The highest BCUT2D eigenvalue weighted by Gasteiger charge is 2.23. The van der Waals surface area contributed by atoms with Crippen molar-refractivity contribution in [1.29, 1.82) is 0 Å². The van der Waals surface area contributed by atoms with Gasteiger partial charge in [-0.2, -0.15) is 0 Å². The van der Waals surface area contributed by atoms with Crippen LogP contribution < -0.4 is 10.0 Å². The molecule has 0 radical (unpaired) electrons. The molecular weight excluding hydrogens is 356 g/mol. The molecular formula is C18H20N2O3S2. The molecule has 1 atom stereocenters. The van der Waals surface area contributed by atoms with Crippen molar-refractivity contribution in [2.45, 2.75) is 30.6 Å². The number of thioether (sulfide) groups is 1. The number of carbonyl (C=O) groups excluding carboxylic acids is 1. The summed E-state index contributed by atoms with van der Waals surface area (Å²) in [4.78, 5) is 13.0. The smallest absolute Gasteiger partial charge is 0.261 e. The molecule has 1 aliphatic rings. The van der Waals surface area contributed by atoms with Gasteiger partial charge in [0.05, 0.1) is 10.6 Å². The predicted octanol–water partition coefficient (Wildman–Crippen LogP) is 3.78. The Morgan fingerprint density at radius 1 is 1.12 bits per heavy atom. The molecule has 0 fully saturated rings. The minimum Gasteiger partial charge on any atom is -0.325 e. The Labute approximate surface area is 152 Å². The van der Waals surface area contributed by atoms with Gasteiger partial charge in [0.15, 0.2) is 0 Å². The number of fused-ring (bicyclic) bond motifs is 1. The first-order chi connectivity index (χ1) is 11.7. The van der Waals surface area contributed by atoms with Crippen LogP contribution in [0.4, 0.5) is 11.4 Å². The lowest BCUT2D eigenvalue weighted by molar-refractivity contribution is -0.118. The molecule has 0 aliphatic carbocycles. The van der Waals surface area contributed by atoms with Crippen LogP contribution in [0.1, 0.15) is 18.1 Å². The molecule has 132 valence electrons.